The Bertz CT molecular complexity index is 652. The molecule has 2 atom stereocenters. The number of piperidine rings is 1. The molecule has 122 valence electrons. The average molecular weight is 322 g/mol. The fraction of sp³-hybridized carbons (Fsp3) is 0.500. The summed E-state index contributed by atoms with van der Waals surface area (Å²) in [6.07, 6.45) is 4.41. The molecule has 4 nitrogen and oxygen atoms in total. The molecular weight excluding hydrogens is 305 g/mol. The van der Waals surface area contributed by atoms with E-state index in [4.69, 9.17) is 0 Å². The van der Waals surface area contributed by atoms with E-state index in [1.165, 1.54) is 6.07 Å². The van der Waals surface area contributed by atoms with E-state index in [1.54, 1.807) is 6.20 Å². The smallest absolute Gasteiger partial charge is 0.350 e. The van der Waals surface area contributed by atoms with Gasteiger partial charge in [-0.2, -0.15) is 18.3 Å². The third-order valence-corrected chi connectivity index (χ3v) is 4.95. The lowest BCUT2D eigenvalue weighted by atomic mass is 9.97. The summed E-state index contributed by atoms with van der Waals surface area (Å²) in [5.74, 6) is 0.657. The lowest BCUT2D eigenvalue weighted by Crippen LogP contribution is -2.44. The number of aromatic nitrogens is 3. The fourth-order valence-electron chi connectivity index (χ4n) is 3.94. The zero-order valence-electron chi connectivity index (χ0n) is 12.4. The van der Waals surface area contributed by atoms with Crippen LogP contribution < -0.4 is 4.90 Å². The summed E-state index contributed by atoms with van der Waals surface area (Å²) in [5, 5.41) is 4.33. The maximum absolute atomic E-state index is 12.7. The Morgan fingerprint density at radius 1 is 1.04 bits per heavy atom. The van der Waals surface area contributed by atoms with Gasteiger partial charge in [-0.15, -0.1) is 0 Å². The minimum Gasteiger partial charge on any atom is -0.350 e. The van der Waals surface area contributed by atoms with Crippen molar-refractivity contribution in [3.8, 4) is 0 Å². The van der Waals surface area contributed by atoms with Gasteiger partial charge in [-0.25, -0.2) is 4.98 Å². The van der Waals surface area contributed by atoms with Crippen molar-refractivity contribution in [1.82, 2.24) is 14.8 Å². The number of fused-ring (bicyclic) bond motifs is 2. The van der Waals surface area contributed by atoms with Crippen LogP contribution in [0, 0.1) is 0 Å². The van der Waals surface area contributed by atoms with Crippen molar-refractivity contribution >= 4 is 5.82 Å². The molecule has 0 aliphatic carbocycles. The number of alkyl halides is 3. The average Bonchev–Trinajstić information content (AvgIpc) is 3.13. The fourth-order valence-corrected chi connectivity index (χ4v) is 3.94. The van der Waals surface area contributed by atoms with Crippen LogP contribution in [0.4, 0.5) is 19.0 Å². The molecule has 4 rings (SSSR count). The highest BCUT2D eigenvalue weighted by molar-refractivity contribution is 5.45. The number of anilines is 1. The molecule has 0 saturated carbocycles. The minimum atomic E-state index is -4.34. The van der Waals surface area contributed by atoms with Crippen molar-refractivity contribution in [2.75, 3.05) is 4.90 Å². The zero-order valence-corrected chi connectivity index (χ0v) is 12.4. The van der Waals surface area contributed by atoms with Crippen molar-refractivity contribution < 1.29 is 13.2 Å². The number of hydrogen-bond acceptors (Lipinski definition) is 3. The second-order valence-electron chi connectivity index (χ2n) is 6.31. The molecule has 0 amide bonds. The largest absolute Gasteiger partial charge is 0.417 e. The molecule has 0 aromatic carbocycles. The molecule has 2 bridgehead atoms. The molecule has 7 heteroatoms. The van der Waals surface area contributed by atoms with Crippen LogP contribution in [0.1, 0.15) is 37.3 Å². The van der Waals surface area contributed by atoms with Crippen LogP contribution in [0.3, 0.4) is 0 Å². The third-order valence-electron chi connectivity index (χ3n) is 4.95. The third kappa shape index (κ3) is 2.58. The van der Waals surface area contributed by atoms with Gasteiger partial charge < -0.3 is 4.90 Å². The number of halogens is 3. The maximum atomic E-state index is 12.7. The summed E-state index contributed by atoms with van der Waals surface area (Å²) in [5.41, 5.74) is -0.694. The van der Waals surface area contributed by atoms with Gasteiger partial charge in [0.15, 0.2) is 0 Å². The molecule has 2 aromatic heterocycles. The van der Waals surface area contributed by atoms with Gasteiger partial charge in [-0.3, -0.25) is 4.68 Å². The summed E-state index contributed by atoms with van der Waals surface area (Å²) in [6, 6.07) is 5.57. The second-order valence-corrected chi connectivity index (χ2v) is 6.31. The molecular formula is C16H17F3N4. The van der Waals surface area contributed by atoms with Crippen molar-refractivity contribution in [2.45, 2.75) is 50.0 Å². The number of rotatable bonds is 2. The molecule has 2 unspecified atom stereocenters. The number of nitrogens with zero attached hydrogens (tertiary/aromatic N) is 4. The van der Waals surface area contributed by atoms with Crippen LogP contribution in [0.15, 0.2) is 36.8 Å². The summed E-state index contributed by atoms with van der Waals surface area (Å²) in [6.45, 7) is 0. The molecule has 2 aliphatic heterocycles. The first-order valence-corrected chi connectivity index (χ1v) is 7.83. The molecule has 0 radical (unpaired) electrons. The molecule has 2 saturated heterocycles. The zero-order chi connectivity index (χ0) is 16.0. The van der Waals surface area contributed by atoms with Crippen molar-refractivity contribution in [3.63, 3.8) is 0 Å². The Kier molecular flexibility index (Phi) is 3.32. The Hall–Kier alpha value is -2.05. The van der Waals surface area contributed by atoms with Crippen LogP contribution in [0.5, 0.6) is 0 Å². The van der Waals surface area contributed by atoms with Crippen LogP contribution in [-0.4, -0.2) is 26.8 Å². The monoisotopic (exact) mass is 322 g/mol. The Morgan fingerprint density at radius 2 is 1.78 bits per heavy atom. The van der Waals surface area contributed by atoms with Gasteiger partial charge in [0.25, 0.3) is 0 Å². The first-order valence-electron chi connectivity index (χ1n) is 7.83. The number of hydrogen-bond donors (Lipinski definition) is 0. The molecule has 2 aliphatic rings. The standard InChI is InChI=1S/C16H17F3N4/c17-16(18,19)11-2-5-15(20-10-11)23-12-3-4-13(23)9-14(8-12)22-7-1-6-21-22/h1-2,5-7,10,12-14H,3-4,8-9H2. The van der Waals surface area contributed by atoms with Crippen molar-refractivity contribution in [3.05, 3.63) is 42.4 Å². The van der Waals surface area contributed by atoms with Gasteiger partial charge in [0, 0.05) is 30.7 Å². The predicted molar refractivity (Wildman–Crippen MR) is 79.0 cm³/mol. The highest BCUT2D eigenvalue weighted by Gasteiger charge is 2.42. The van der Waals surface area contributed by atoms with Crippen LogP contribution in [-0.2, 0) is 6.18 Å². The van der Waals surface area contributed by atoms with Gasteiger partial charge >= 0.3 is 6.18 Å². The summed E-state index contributed by atoms with van der Waals surface area (Å²) in [7, 11) is 0. The van der Waals surface area contributed by atoms with E-state index in [9.17, 15) is 13.2 Å². The second kappa shape index (κ2) is 5.25. The van der Waals surface area contributed by atoms with E-state index in [1.807, 2.05) is 16.9 Å². The molecule has 23 heavy (non-hydrogen) atoms. The first-order chi connectivity index (χ1) is 11.0. The normalized spacial score (nSPS) is 27.4. The van der Waals surface area contributed by atoms with E-state index in [-0.39, 0.29) is 0 Å². The van der Waals surface area contributed by atoms with Crippen molar-refractivity contribution in [1.29, 1.82) is 0 Å². The van der Waals surface area contributed by atoms with E-state index in [2.05, 4.69) is 15.0 Å². The highest BCUT2D eigenvalue weighted by atomic mass is 19.4. The Morgan fingerprint density at radius 3 is 2.30 bits per heavy atom. The van der Waals surface area contributed by atoms with E-state index >= 15 is 0 Å². The SMILES string of the molecule is FC(F)(F)c1ccc(N2C3CCC2CC(n2cccn2)C3)nc1. The van der Waals surface area contributed by atoms with E-state index in [0.717, 1.165) is 37.9 Å². The molecule has 4 heterocycles. The lowest BCUT2D eigenvalue weighted by Gasteiger charge is -2.39. The van der Waals surface area contributed by atoms with Gasteiger partial charge in [0.2, 0.25) is 0 Å². The van der Waals surface area contributed by atoms with Crippen LogP contribution >= 0.6 is 0 Å². The van der Waals surface area contributed by atoms with Gasteiger partial charge in [0.05, 0.1) is 11.6 Å². The molecule has 0 N–H and O–H groups in total. The summed E-state index contributed by atoms with van der Waals surface area (Å²) in [4.78, 5) is 6.29. The van der Waals surface area contributed by atoms with Gasteiger partial charge in [0.1, 0.15) is 5.82 Å². The lowest BCUT2D eigenvalue weighted by molar-refractivity contribution is -0.137. The van der Waals surface area contributed by atoms with E-state index in [0.29, 0.717) is 23.9 Å². The van der Waals surface area contributed by atoms with Crippen LogP contribution in [0.25, 0.3) is 0 Å². The maximum Gasteiger partial charge on any atom is 0.417 e. The minimum absolute atomic E-state index is 0.326. The summed E-state index contributed by atoms with van der Waals surface area (Å²) >= 11 is 0. The van der Waals surface area contributed by atoms with Crippen molar-refractivity contribution in [2.24, 2.45) is 0 Å². The van der Waals surface area contributed by atoms with Gasteiger partial charge in [-0.1, -0.05) is 0 Å². The summed E-state index contributed by atoms with van der Waals surface area (Å²) < 4.78 is 40.0. The van der Waals surface area contributed by atoms with Crippen LogP contribution in [0.2, 0.25) is 0 Å². The highest BCUT2D eigenvalue weighted by Crippen LogP contribution is 2.42. The van der Waals surface area contributed by atoms with E-state index < -0.39 is 11.7 Å². The topological polar surface area (TPSA) is 34.0 Å². The Labute approximate surface area is 131 Å². The predicted octanol–water partition coefficient (Wildman–Crippen LogP) is 3.67. The molecule has 2 fully saturated rings. The number of pyridine rings is 1. The van der Waals surface area contributed by atoms with Gasteiger partial charge in [-0.05, 0) is 43.9 Å². The molecule has 0 spiro atoms. The quantitative estimate of drug-likeness (QED) is 0.846. The first kappa shape index (κ1) is 14.5. The Balaban J connectivity index is 1.55. The molecule has 2 aromatic rings.